The van der Waals surface area contributed by atoms with Crippen LogP contribution in [0.5, 0.6) is 0 Å². The highest BCUT2D eigenvalue weighted by molar-refractivity contribution is 7.90. The Morgan fingerprint density at radius 3 is 2.62 bits per heavy atom. The van der Waals surface area contributed by atoms with Crippen molar-refractivity contribution in [1.29, 1.82) is 0 Å². The first-order valence-electron chi connectivity index (χ1n) is 9.42. The van der Waals surface area contributed by atoms with Gasteiger partial charge in [-0.15, -0.1) is 0 Å². The monoisotopic (exact) mass is 459 g/mol. The lowest BCUT2D eigenvalue weighted by Crippen LogP contribution is -2.29. The van der Waals surface area contributed by atoms with Crippen LogP contribution < -0.4 is 4.72 Å². The summed E-state index contributed by atoms with van der Waals surface area (Å²) in [6, 6.07) is 7.17. The van der Waals surface area contributed by atoms with Gasteiger partial charge in [0.05, 0.1) is 11.3 Å². The molecule has 0 fully saturated rings. The minimum absolute atomic E-state index is 0.184. The third-order valence-corrected chi connectivity index (χ3v) is 6.41. The molecule has 0 aliphatic rings. The Balaban J connectivity index is 1.79. The number of anilines is 1. The molecule has 3 aromatic heterocycles. The molecule has 1 atom stereocenters. The summed E-state index contributed by atoms with van der Waals surface area (Å²) in [5.74, 6) is -2.23. The van der Waals surface area contributed by atoms with Crippen LogP contribution in [0.15, 0.2) is 55.1 Å². The van der Waals surface area contributed by atoms with Crippen LogP contribution in [0.25, 0.3) is 22.2 Å². The van der Waals surface area contributed by atoms with Gasteiger partial charge in [0.1, 0.15) is 17.6 Å². The van der Waals surface area contributed by atoms with E-state index in [0.29, 0.717) is 16.6 Å². The van der Waals surface area contributed by atoms with Crippen molar-refractivity contribution in [3.05, 3.63) is 77.9 Å². The Bertz CT molecular complexity index is 1390. The number of nitrogens with one attached hydrogen (secondary N) is 2. The Hall–Kier alpha value is -3.41. The van der Waals surface area contributed by atoms with Crippen molar-refractivity contribution >= 4 is 26.9 Å². The molecule has 1 unspecified atom stereocenters. The lowest BCUT2D eigenvalue weighted by atomic mass is 9.98. The molecule has 3 heterocycles. The molecule has 0 spiro atoms. The minimum atomic E-state index is -4.04. The van der Waals surface area contributed by atoms with Gasteiger partial charge in [-0.3, -0.25) is 9.71 Å². The van der Waals surface area contributed by atoms with Gasteiger partial charge in [-0.2, -0.15) is 12.7 Å². The van der Waals surface area contributed by atoms with Crippen molar-refractivity contribution in [2.75, 3.05) is 18.8 Å². The normalized spacial score (nSPS) is 12.9. The number of aromatic nitrogens is 3. The number of H-pyrrole nitrogens is 1. The number of hydrogen-bond acceptors (Lipinski definition) is 5. The molecule has 4 aromatic rings. The molecule has 1 aromatic carbocycles. The average molecular weight is 459 g/mol. The molecule has 0 saturated heterocycles. The number of nitrogens with zero attached hydrogens (tertiary/aromatic N) is 3. The highest BCUT2D eigenvalue weighted by Gasteiger charge is 2.26. The zero-order chi connectivity index (χ0) is 23.0. The van der Waals surface area contributed by atoms with Crippen molar-refractivity contribution in [2.45, 2.75) is 6.10 Å². The molecule has 8 nitrogen and oxygen atoms in total. The lowest BCUT2D eigenvalue weighted by molar-refractivity contribution is 0.211. The topological polar surface area (TPSA) is 111 Å². The van der Waals surface area contributed by atoms with Gasteiger partial charge in [0, 0.05) is 61.0 Å². The zero-order valence-corrected chi connectivity index (χ0v) is 17.9. The summed E-state index contributed by atoms with van der Waals surface area (Å²) in [7, 11) is -1.51. The maximum Gasteiger partial charge on any atom is 0.301 e. The number of fused-ring (bicyclic) bond motifs is 1. The number of aliphatic hydroxyl groups is 1. The van der Waals surface area contributed by atoms with Crippen molar-refractivity contribution in [3.63, 3.8) is 0 Å². The first-order chi connectivity index (χ1) is 15.2. The molecular formula is C21H19F2N5O3S. The number of halogens is 2. The van der Waals surface area contributed by atoms with E-state index in [1.807, 2.05) is 10.8 Å². The Labute approximate surface area is 182 Å². The number of aliphatic hydroxyl groups excluding tert-OH is 1. The van der Waals surface area contributed by atoms with Crippen LogP contribution >= 0.6 is 0 Å². The molecule has 0 aliphatic heterocycles. The summed E-state index contributed by atoms with van der Waals surface area (Å²) in [6.45, 7) is 0. The highest BCUT2D eigenvalue weighted by Crippen LogP contribution is 2.35. The highest BCUT2D eigenvalue weighted by atomic mass is 32.2. The van der Waals surface area contributed by atoms with E-state index >= 15 is 4.39 Å². The molecule has 3 N–H and O–H groups in total. The quantitative estimate of drug-likeness (QED) is 0.410. The van der Waals surface area contributed by atoms with Crippen LogP contribution in [0, 0.1) is 11.6 Å². The fourth-order valence-corrected chi connectivity index (χ4v) is 3.84. The Morgan fingerprint density at radius 2 is 1.94 bits per heavy atom. The number of pyridine rings is 2. The van der Waals surface area contributed by atoms with E-state index in [-0.39, 0.29) is 5.56 Å². The molecule has 11 heteroatoms. The SMILES string of the molecule is CN(C)S(=O)(=O)Nc1ccc(F)c(C(O)c2c[nH]c3ncc(-c4cccnc4)cc23)c1F. The lowest BCUT2D eigenvalue weighted by Gasteiger charge is -2.18. The van der Waals surface area contributed by atoms with E-state index in [9.17, 15) is 17.9 Å². The van der Waals surface area contributed by atoms with Crippen molar-refractivity contribution in [2.24, 2.45) is 0 Å². The van der Waals surface area contributed by atoms with E-state index in [0.717, 1.165) is 22.0 Å². The second-order valence-electron chi connectivity index (χ2n) is 7.22. The fraction of sp³-hybridized carbons (Fsp3) is 0.143. The van der Waals surface area contributed by atoms with Gasteiger partial charge >= 0.3 is 10.2 Å². The summed E-state index contributed by atoms with van der Waals surface area (Å²) in [5, 5.41) is 11.4. The molecular weight excluding hydrogens is 440 g/mol. The van der Waals surface area contributed by atoms with E-state index in [4.69, 9.17) is 0 Å². The molecule has 0 radical (unpaired) electrons. The van der Waals surface area contributed by atoms with Gasteiger partial charge in [0.25, 0.3) is 0 Å². The van der Waals surface area contributed by atoms with Gasteiger partial charge in [0.15, 0.2) is 5.82 Å². The predicted octanol–water partition coefficient (Wildman–Crippen LogP) is 3.20. The van der Waals surface area contributed by atoms with E-state index in [2.05, 4.69) is 15.0 Å². The van der Waals surface area contributed by atoms with Crippen LogP contribution in [0.3, 0.4) is 0 Å². The van der Waals surface area contributed by atoms with Gasteiger partial charge in [-0.1, -0.05) is 6.07 Å². The van der Waals surface area contributed by atoms with E-state index in [1.165, 1.54) is 20.3 Å². The first kappa shape index (κ1) is 21.8. The molecule has 0 amide bonds. The number of aromatic amines is 1. The maximum atomic E-state index is 15.1. The smallest absolute Gasteiger partial charge is 0.301 e. The molecule has 166 valence electrons. The molecule has 0 aliphatic carbocycles. The third-order valence-electron chi connectivity index (χ3n) is 4.97. The van der Waals surface area contributed by atoms with Gasteiger partial charge in [-0.05, 0) is 24.3 Å². The maximum absolute atomic E-state index is 15.1. The van der Waals surface area contributed by atoms with E-state index < -0.39 is 39.2 Å². The van der Waals surface area contributed by atoms with Crippen LogP contribution in [0.1, 0.15) is 17.2 Å². The van der Waals surface area contributed by atoms with Crippen molar-refractivity contribution < 1.29 is 22.3 Å². The standard InChI is InChI=1S/C21H19F2N5O3S/c1-28(2)32(30,31)27-17-6-5-16(22)18(19(17)23)20(29)15-11-26-21-14(15)8-13(10-25-21)12-4-3-7-24-9-12/h3-11,20,27,29H,1-2H3,(H,25,26). The Kier molecular flexibility index (Phi) is 5.63. The molecule has 0 bridgehead atoms. The second kappa shape index (κ2) is 8.26. The minimum Gasteiger partial charge on any atom is -0.383 e. The third kappa shape index (κ3) is 3.93. The summed E-state index contributed by atoms with van der Waals surface area (Å²) >= 11 is 0. The van der Waals surface area contributed by atoms with Crippen molar-refractivity contribution in [1.82, 2.24) is 19.3 Å². The summed E-state index contributed by atoms with van der Waals surface area (Å²) in [6.07, 6.45) is 4.57. The van der Waals surface area contributed by atoms with Crippen LogP contribution in [0.2, 0.25) is 0 Å². The molecule has 0 saturated carbocycles. The van der Waals surface area contributed by atoms with Crippen LogP contribution in [-0.4, -0.2) is 46.9 Å². The predicted molar refractivity (Wildman–Crippen MR) is 116 cm³/mol. The Morgan fingerprint density at radius 1 is 1.16 bits per heavy atom. The largest absolute Gasteiger partial charge is 0.383 e. The number of hydrogen-bond donors (Lipinski definition) is 3. The number of rotatable bonds is 6. The molecule has 4 rings (SSSR count). The first-order valence-corrected chi connectivity index (χ1v) is 10.9. The van der Waals surface area contributed by atoms with Crippen molar-refractivity contribution in [3.8, 4) is 11.1 Å². The van der Waals surface area contributed by atoms with Gasteiger partial charge in [0.2, 0.25) is 0 Å². The van der Waals surface area contributed by atoms with Crippen LogP contribution in [-0.2, 0) is 10.2 Å². The summed E-state index contributed by atoms with van der Waals surface area (Å²) < 4.78 is 56.7. The zero-order valence-electron chi connectivity index (χ0n) is 17.0. The number of benzene rings is 1. The van der Waals surface area contributed by atoms with E-state index in [1.54, 1.807) is 30.7 Å². The summed E-state index contributed by atoms with van der Waals surface area (Å²) in [5.41, 5.74) is 0.911. The average Bonchev–Trinajstić information content (AvgIpc) is 3.19. The van der Waals surface area contributed by atoms with Gasteiger partial charge in [-0.25, -0.2) is 13.8 Å². The van der Waals surface area contributed by atoms with Crippen LogP contribution in [0.4, 0.5) is 14.5 Å². The summed E-state index contributed by atoms with van der Waals surface area (Å²) in [4.78, 5) is 11.2. The molecule has 32 heavy (non-hydrogen) atoms. The fourth-order valence-electron chi connectivity index (χ4n) is 3.23. The second-order valence-corrected chi connectivity index (χ2v) is 9.11. The van der Waals surface area contributed by atoms with Gasteiger partial charge < -0.3 is 10.1 Å².